The molecule has 96 valence electrons. The number of halogens is 1. The van der Waals surface area contributed by atoms with Crippen LogP contribution in [0.3, 0.4) is 0 Å². The maximum Gasteiger partial charge on any atom is 0.217 e. The fourth-order valence-corrected chi connectivity index (χ4v) is 2.47. The van der Waals surface area contributed by atoms with Crippen LogP contribution in [0.25, 0.3) is 10.9 Å². The van der Waals surface area contributed by atoms with Crippen molar-refractivity contribution in [1.29, 1.82) is 0 Å². The lowest BCUT2D eigenvalue weighted by atomic mass is 10.1. The number of aromatic nitrogens is 1. The van der Waals surface area contributed by atoms with E-state index in [1.165, 1.54) is 0 Å². The Balaban J connectivity index is 2.10. The van der Waals surface area contributed by atoms with E-state index in [-0.39, 0.29) is 0 Å². The highest BCUT2D eigenvalue weighted by molar-refractivity contribution is 9.10. The first-order chi connectivity index (χ1) is 9.26. The van der Waals surface area contributed by atoms with Crippen LogP contribution in [-0.4, -0.2) is 12.1 Å². The van der Waals surface area contributed by atoms with Crippen LogP contribution in [0.15, 0.2) is 51.7 Å². The first-order valence-corrected chi connectivity index (χ1v) is 6.70. The molecule has 3 nitrogen and oxygen atoms in total. The molecule has 0 N–H and O–H groups in total. The SMILES string of the molecule is COc1nc2ccc(Br)cc2cc1Cc1ccoc1. The molecule has 1 aromatic carbocycles. The Morgan fingerprint density at radius 1 is 1.26 bits per heavy atom. The number of benzene rings is 1. The molecule has 0 radical (unpaired) electrons. The predicted octanol–water partition coefficient (Wildman–Crippen LogP) is 4.19. The summed E-state index contributed by atoms with van der Waals surface area (Å²) in [5.41, 5.74) is 3.08. The molecule has 0 saturated carbocycles. The number of ether oxygens (including phenoxy) is 1. The van der Waals surface area contributed by atoms with Crippen molar-refractivity contribution >= 4 is 26.8 Å². The van der Waals surface area contributed by atoms with E-state index in [4.69, 9.17) is 9.15 Å². The van der Waals surface area contributed by atoms with Crippen LogP contribution in [0, 0.1) is 0 Å². The van der Waals surface area contributed by atoms with E-state index in [1.807, 2.05) is 18.2 Å². The molecule has 2 heterocycles. The number of fused-ring (bicyclic) bond motifs is 1. The summed E-state index contributed by atoms with van der Waals surface area (Å²) in [5.74, 6) is 0.663. The minimum absolute atomic E-state index is 0.663. The molecular formula is C15H12BrNO2. The number of hydrogen-bond acceptors (Lipinski definition) is 3. The molecule has 0 aliphatic rings. The zero-order chi connectivity index (χ0) is 13.2. The second-order valence-electron chi connectivity index (χ2n) is 4.30. The van der Waals surface area contributed by atoms with Crippen LogP contribution in [-0.2, 0) is 6.42 Å². The summed E-state index contributed by atoms with van der Waals surface area (Å²) in [7, 11) is 1.64. The summed E-state index contributed by atoms with van der Waals surface area (Å²) < 4.78 is 11.5. The third-order valence-corrected chi connectivity index (χ3v) is 3.48. The van der Waals surface area contributed by atoms with Crippen LogP contribution in [0.2, 0.25) is 0 Å². The smallest absolute Gasteiger partial charge is 0.217 e. The van der Waals surface area contributed by atoms with Crippen molar-refractivity contribution in [2.24, 2.45) is 0 Å². The maximum atomic E-state index is 5.38. The molecule has 0 unspecified atom stereocenters. The fourth-order valence-electron chi connectivity index (χ4n) is 2.09. The lowest BCUT2D eigenvalue weighted by Crippen LogP contribution is -1.96. The number of rotatable bonds is 3. The third kappa shape index (κ3) is 2.49. The fraction of sp³-hybridized carbons (Fsp3) is 0.133. The van der Waals surface area contributed by atoms with Crippen LogP contribution in [0.5, 0.6) is 5.88 Å². The zero-order valence-electron chi connectivity index (χ0n) is 10.4. The van der Waals surface area contributed by atoms with E-state index < -0.39 is 0 Å². The molecule has 3 aromatic rings. The monoisotopic (exact) mass is 317 g/mol. The second kappa shape index (κ2) is 5.05. The topological polar surface area (TPSA) is 35.3 Å². The summed E-state index contributed by atoms with van der Waals surface area (Å²) in [6.45, 7) is 0. The minimum atomic E-state index is 0.663. The number of methoxy groups -OCH3 is 1. The van der Waals surface area contributed by atoms with Crippen molar-refractivity contribution in [3.63, 3.8) is 0 Å². The lowest BCUT2D eigenvalue weighted by Gasteiger charge is -2.08. The van der Waals surface area contributed by atoms with E-state index in [0.29, 0.717) is 5.88 Å². The van der Waals surface area contributed by atoms with Gasteiger partial charge in [0.25, 0.3) is 0 Å². The lowest BCUT2D eigenvalue weighted by molar-refractivity contribution is 0.395. The molecule has 3 rings (SSSR count). The first-order valence-electron chi connectivity index (χ1n) is 5.90. The number of nitrogens with zero attached hydrogens (tertiary/aromatic N) is 1. The van der Waals surface area contributed by atoms with E-state index in [2.05, 4.69) is 33.0 Å². The molecule has 0 bridgehead atoms. The Morgan fingerprint density at radius 3 is 2.89 bits per heavy atom. The minimum Gasteiger partial charge on any atom is -0.481 e. The molecule has 4 heteroatoms. The van der Waals surface area contributed by atoms with Gasteiger partial charge in [0.2, 0.25) is 5.88 Å². The van der Waals surface area contributed by atoms with E-state index in [0.717, 1.165) is 32.9 Å². The molecule has 0 fully saturated rings. The van der Waals surface area contributed by atoms with Crippen molar-refractivity contribution < 1.29 is 9.15 Å². The largest absolute Gasteiger partial charge is 0.481 e. The molecule has 0 saturated heterocycles. The van der Waals surface area contributed by atoms with Gasteiger partial charge in [-0.05, 0) is 35.9 Å². The second-order valence-corrected chi connectivity index (χ2v) is 5.22. The van der Waals surface area contributed by atoms with Gasteiger partial charge >= 0.3 is 0 Å². The number of furan rings is 1. The van der Waals surface area contributed by atoms with Crippen LogP contribution in [0.1, 0.15) is 11.1 Å². The average molecular weight is 318 g/mol. The van der Waals surface area contributed by atoms with Crippen molar-refractivity contribution in [3.05, 3.63) is 58.5 Å². The quantitative estimate of drug-likeness (QED) is 0.726. The van der Waals surface area contributed by atoms with Gasteiger partial charge < -0.3 is 9.15 Å². The van der Waals surface area contributed by atoms with Gasteiger partial charge in [-0.1, -0.05) is 15.9 Å². The van der Waals surface area contributed by atoms with Crippen molar-refractivity contribution in [1.82, 2.24) is 4.98 Å². The molecule has 0 aliphatic heterocycles. The third-order valence-electron chi connectivity index (χ3n) is 2.98. The van der Waals surface area contributed by atoms with Gasteiger partial charge in [0.1, 0.15) is 0 Å². The van der Waals surface area contributed by atoms with Crippen molar-refractivity contribution in [3.8, 4) is 5.88 Å². The molecule has 0 atom stereocenters. The highest BCUT2D eigenvalue weighted by Crippen LogP contribution is 2.26. The van der Waals surface area contributed by atoms with Gasteiger partial charge in [0.15, 0.2) is 0 Å². The van der Waals surface area contributed by atoms with Gasteiger partial charge in [0.05, 0.1) is 25.2 Å². The summed E-state index contributed by atoms with van der Waals surface area (Å²) in [6.07, 6.45) is 4.16. The van der Waals surface area contributed by atoms with E-state index in [1.54, 1.807) is 19.6 Å². The highest BCUT2D eigenvalue weighted by atomic mass is 79.9. The van der Waals surface area contributed by atoms with E-state index in [9.17, 15) is 0 Å². The summed E-state index contributed by atoms with van der Waals surface area (Å²) in [4.78, 5) is 4.54. The molecule has 0 spiro atoms. The normalized spacial score (nSPS) is 10.8. The van der Waals surface area contributed by atoms with E-state index >= 15 is 0 Å². The summed E-state index contributed by atoms with van der Waals surface area (Å²) in [5, 5.41) is 1.09. The van der Waals surface area contributed by atoms with Gasteiger partial charge in [-0.3, -0.25) is 0 Å². The van der Waals surface area contributed by atoms with Crippen molar-refractivity contribution in [2.75, 3.05) is 7.11 Å². The molecular weight excluding hydrogens is 306 g/mol. The molecule has 0 aliphatic carbocycles. The number of pyridine rings is 1. The van der Waals surface area contributed by atoms with Gasteiger partial charge in [-0.25, -0.2) is 4.98 Å². The molecule has 0 amide bonds. The Hall–Kier alpha value is -1.81. The van der Waals surface area contributed by atoms with Crippen LogP contribution in [0.4, 0.5) is 0 Å². The zero-order valence-corrected chi connectivity index (χ0v) is 12.0. The Bertz CT molecular complexity index is 707. The molecule has 2 aromatic heterocycles. The molecule has 19 heavy (non-hydrogen) atoms. The van der Waals surface area contributed by atoms with Crippen LogP contribution >= 0.6 is 15.9 Å². The highest BCUT2D eigenvalue weighted by Gasteiger charge is 2.09. The maximum absolute atomic E-state index is 5.38. The van der Waals surface area contributed by atoms with Crippen molar-refractivity contribution in [2.45, 2.75) is 6.42 Å². The first kappa shape index (κ1) is 12.2. The summed E-state index contributed by atoms with van der Waals surface area (Å²) in [6, 6.07) is 10.1. The standard InChI is InChI=1S/C15H12BrNO2/c1-18-15-12(6-10-4-5-19-9-10)7-11-8-13(16)2-3-14(11)17-15/h2-5,7-9H,6H2,1H3. The van der Waals surface area contributed by atoms with Gasteiger partial charge in [-0.15, -0.1) is 0 Å². The van der Waals surface area contributed by atoms with Gasteiger partial charge in [-0.2, -0.15) is 0 Å². The Kier molecular flexibility index (Phi) is 3.25. The summed E-state index contributed by atoms with van der Waals surface area (Å²) >= 11 is 3.48. The van der Waals surface area contributed by atoms with Crippen LogP contribution < -0.4 is 4.74 Å². The predicted molar refractivity (Wildman–Crippen MR) is 77.5 cm³/mol. The van der Waals surface area contributed by atoms with Gasteiger partial charge in [0, 0.05) is 21.8 Å². The average Bonchev–Trinajstić information content (AvgIpc) is 2.91. The Morgan fingerprint density at radius 2 is 2.16 bits per heavy atom. The number of hydrogen-bond donors (Lipinski definition) is 0. The Labute approximate surface area is 119 Å².